The lowest BCUT2D eigenvalue weighted by Gasteiger charge is -2.15. The Kier molecular flexibility index (Phi) is 10.7. The maximum absolute atomic E-state index is 13.0. The Balaban J connectivity index is 0.000000315. The van der Waals surface area contributed by atoms with Crippen LogP contribution in [0.5, 0.6) is 0 Å². The predicted molar refractivity (Wildman–Crippen MR) is 148 cm³/mol. The van der Waals surface area contributed by atoms with Gasteiger partial charge in [0.25, 0.3) is 0 Å². The highest BCUT2D eigenvalue weighted by atomic mass is 19.4. The molecule has 0 saturated heterocycles. The van der Waals surface area contributed by atoms with E-state index in [1.807, 2.05) is 37.3 Å². The Morgan fingerprint density at radius 3 is 1.39 bits per heavy atom. The van der Waals surface area contributed by atoms with E-state index in [2.05, 4.69) is 0 Å². The zero-order valence-electron chi connectivity index (χ0n) is 19.6. The fraction of sp³-hybridized carbons (Fsp3) is 0.143. The molecule has 0 unspecified atom stereocenters. The monoisotopic (exact) mass is 497 g/mol. The highest BCUT2D eigenvalue weighted by molar-refractivity contribution is 5.74. The first kappa shape index (κ1) is 29.7. The van der Waals surface area contributed by atoms with Gasteiger partial charge in [0.2, 0.25) is 0 Å². The highest BCUT2D eigenvalue weighted by Crippen LogP contribution is 2.39. The zero-order valence-corrected chi connectivity index (χ0v) is 19.6. The molecule has 0 saturated carbocycles. The molecule has 0 aliphatic carbocycles. The van der Waals surface area contributed by atoms with E-state index < -0.39 is 11.7 Å². The van der Waals surface area contributed by atoms with Gasteiger partial charge < -0.3 is 28.7 Å². The van der Waals surface area contributed by atoms with Gasteiger partial charge in [-0.25, -0.2) is 0 Å². The molecule has 0 atom stereocenters. The second-order valence-electron chi connectivity index (χ2n) is 7.96. The molecular formula is C28H34F3N5. The molecule has 0 aliphatic rings. The normalized spacial score (nSPS) is 10.1. The molecule has 0 aliphatic heterocycles. The van der Waals surface area contributed by atoms with Gasteiger partial charge in [-0.1, -0.05) is 43.3 Å². The van der Waals surface area contributed by atoms with Crippen molar-refractivity contribution >= 4 is 28.4 Å². The Bertz CT molecular complexity index is 1210. The summed E-state index contributed by atoms with van der Waals surface area (Å²) in [6.07, 6.45) is -4.45. The molecule has 4 rings (SSSR count). The summed E-state index contributed by atoms with van der Waals surface area (Å²) >= 11 is 0. The number of halogens is 3. The SMILES string of the molecule is C.Cc1cc(N)ccc1-c1ccc(N)cc1C(F)(F)F.Cc1ccc(N)cc1.Nc1cccc(N)c1. The number of benzene rings is 4. The molecule has 4 aromatic rings. The van der Waals surface area contributed by atoms with Gasteiger partial charge in [0.05, 0.1) is 5.56 Å². The van der Waals surface area contributed by atoms with Crippen LogP contribution in [0.1, 0.15) is 24.1 Å². The third kappa shape index (κ3) is 9.13. The van der Waals surface area contributed by atoms with Crippen LogP contribution in [0.4, 0.5) is 41.6 Å². The first-order valence-corrected chi connectivity index (χ1v) is 10.6. The number of anilines is 5. The van der Waals surface area contributed by atoms with Gasteiger partial charge in [0.15, 0.2) is 0 Å². The topological polar surface area (TPSA) is 130 Å². The number of nitrogen functional groups attached to an aromatic ring is 5. The van der Waals surface area contributed by atoms with Crippen molar-refractivity contribution in [2.75, 3.05) is 28.7 Å². The minimum atomic E-state index is -4.45. The summed E-state index contributed by atoms with van der Waals surface area (Å²) in [5.41, 5.74) is 31.9. The molecule has 192 valence electrons. The second kappa shape index (κ2) is 12.9. The Labute approximate surface area is 210 Å². The molecule has 5 nitrogen and oxygen atoms in total. The number of nitrogens with two attached hydrogens (primary N) is 5. The third-order valence-corrected chi connectivity index (χ3v) is 4.88. The predicted octanol–water partition coefficient (Wildman–Crippen LogP) is 6.91. The van der Waals surface area contributed by atoms with Crippen LogP contribution >= 0.6 is 0 Å². The van der Waals surface area contributed by atoms with E-state index in [-0.39, 0.29) is 18.7 Å². The van der Waals surface area contributed by atoms with Gasteiger partial charge in [-0.2, -0.15) is 13.2 Å². The molecule has 0 heterocycles. The van der Waals surface area contributed by atoms with Crippen LogP contribution < -0.4 is 28.7 Å². The Hall–Kier alpha value is -4.33. The van der Waals surface area contributed by atoms with Crippen LogP contribution in [0, 0.1) is 13.8 Å². The lowest BCUT2D eigenvalue weighted by Crippen LogP contribution is -2.08. The van der Waals surface area contributed by atoms with Crippen LogP contribution in [0.15, 0.2) is 84.9 Å². The van der Waals surface area contributed by atoms with Crippen molar-refractivity contribution in [1.29, 1.82) is 0 Å². The highest BCUT2D eigenvalue weighted by Gasteiger charge is 2.34. The number of alkyl halides is 3. The summed E-state index contributed by atoms with van der Waals surface area (Å²) in [4.78, 5) is 0. The average Bonchev–Trinajstić information content (AvgIpc) is 2.76. The first-order valence-electron chi connectivity index (χ1n) is 10.6. The van der Waals surface area contributed by atoms with Crippen LogP contribution in [-0.4, -0.2) is 0 Å². The molecule has 0 spiro atoms. The van der Waals surface area contributed by atoms with Crippen molar-refractivity contribution in [1.82, 2.24) is 0 Å². The fourth-order valence-electron chi connectivity index (χ4n) is 3.15. The van der Waals surface area contributed by atoms with Crippen LogP contribution in [0.3, 0.4) is 0 Å². The van der Waals surface area contributed by atoms with E-state index in [0.29, 0.717) is 28.2 Å². The lowest BCUT2D eigenvalue weighted by molar-refractivity contribution is -0.137. The quantitative estimate of drug-likeness (QED) is 0.182. The Morgan fingerprint density at radius 2 is 0.972 bits per heavy atom. The molecule has 0 amide bonds. The number of hydrogen-bond donors (Lipinski definition) is 5. The third-order valence-electron chi connectivity index (χ3n) is 4.88. The van der Waals surface area contributed by atoms with E-state index in [1.54, 1.807) is 43.3 Å². The van der Waals surface area contributed by atoms with Gasteiger partial charge in [0, 0.05) is 28.4 Å². The molecule has 0 radical (unpaired) electrons. The molecule has 4 aromatic carbocycles. The van der Waals surface area contributed by atoms with Crippen LogP contribution in [0.25, 0.3) is 11.1 Å². The standard InChI is InChI=1S/C14H13F3N2.C7H9N.C6H8N2.CH4/c1-8-6-9(18)2-4-11(8)12-5-3-10(19)7-13(12)14(15,16)17;1-6-2-4-7(8)5-3-6;7-5-2-1-3-6(8)4-5;/h2-7H,18-19H2,1H3;2-5H,8H2,1H3;1-4H,7-8H2;1H4. The van der Waals surface area contributed by atoms with Crippen LogP contribution in [-0.2, 0) is 6.18 Å². The van der Waals surface area contributed by atoms with Gasteiger partial charge in [-0.15, -0.1) is 0 Å². The van der Waals surface area contributed by atoms with Gasteiger partial charge in [-0.3, -0.25) is 0 Å². The molecule has 0 aromatic heterocycles. The van der Waals surface area contributed by atoms with E-state index in [0.717, 1.165) is 11.8 Å². The van der Waals surface area contributed by atoms with Crippen molar-refractivity contribution in [2.24, 2.45) is 0 Å². The summed E-state index contributed by atoms with van der Waals surface area (Å²) in [5.74, 6) is 0. The van der Waals surface area contributed by atoms with E-state index >= 15 is 0 Å². The van der Waals surface area contributed by atoms with Crippen molar-refractivity contribution in [3.05, 3.63) is 102 Å². The maximum Gasteiger partial charge on any atom is 0.417 e. The van der Waals surface area contributed by atoms with E-state index in [4.69, 9.17) is 28.7 Å². The van der Waals surface area contributed by atoms with E-state index in [9.17, 15) is 13.2 Å². The molecule has 8 heteroatoms. The number of hydrogen-bond acceptors (Lipinski definition) is 5. The van der Waals surface area contributed by atoms with Gasteiger partial charge in [-0.05, 0) is 85.1 Å². The van der Waals surface area contributed by atoms with Crippen LogP contribution in [0.2, 0.25) is 0 Å². The van der Waals surface area contributed by atoms with Crippen molar-refractivity contribution in [3.63, 3.8) is 0 Å². The number of aryl methyl sites for hydroxylation is 2. The smallest absolute Gasteiger partial charge is 0.399 e. The molecule has 36 heavy (non-hydrogen) atoms. The molecular weight excluding hydrogens is 463 g/mol. The minimum absolute atomic E-state index is 0. The van der Waals surface area contributed by atoms with Crippen molar-refractivity contribution in [2.45, 2.75) is 27.5 Å². The summed E-state index contributed by atoms with van der Waals surface area (Å²) in [5, 5.41) is 0. The summed E-state index contributed by atoms with van der Waals surface area (Å²) in [6.45, 7) is 3.77. The van der Waals surface area contributed by atoms with Gasteiger partial charge in [0.1, 0.15) is 0 Å². The summed E-state index contributed by atoms with van der Waals surface area (Å²) < 4.78 is 39.1. The minimum Gasteiger partial charge on any atom is -0.399 e. The van der Waals surface area contributed by atoms with Gasteiger partial charge >= 0.3 is 6.18 Å². The maximum atomic E-state index is 13.0. The lowest BCUT2D eigenvalue weighted by atomic mass is 9.95. The first-order chi connectivity index (χ1) is 16.4. The molecule has 0 fully saturated rings. The fourth-order valence-corrected chi connectivity index (χ4v) is 3.15. The average molecular weight is 498 g/mol. The second-order valence-corrected chi connectivity index (χ2v) is 7.96. The summed E-state index contributed by atoms with van der Waals surface area (Å²) in [7, 11) is 0. The Morgan fingerprint density at radius 1 is 0.528 bits per heavy atom. The zero-order chi connectivity index (χ0) is 26.2. The van der Waals surface area contributed by atoms with Crippen molar-refractivity contribution < 1.29 is 13.2 Å². The summed E-state index contributed by atoms with van der Waals surface area (Å²) in [6, 6.07) is 23.5. The molecule has 10 N–H and O–H groups in total. The van der Waals surface area contributed by atoms with Crippen molar-refractivity contribution in [3.8, 4) is 11.1 Å². The largest absolute Gasteiger partial charge is 0.417 e. The van der Waals surface area contributed by atoms with E-state index in [1.165, 1.54) is 17.7 Å². The molecule has 0 bridgehead atoms. The number of rotatable bonds is 1.